The van der Waals surface area contributed by atoms with Crippen molar-refractivity contribution in [3.05, 3.63) is 46.3 Å². The van der Waals surface area contributed by atoms with Crippen LogP contribution in [0, 0.1) is 0 Å². The molecule has 0 unspecified atom stereocenters. The first-order valence-corrected chi connectivity index (χ1v) is 10.8. The van der Waals surface area contributed by atoms with E-state index >= 15 is 0 Å². The van der Waals surface area contributed by atoms with Crippen molar-refractivity contribution in [1.82, 2.24) is 4.98 Å². The van der Waals surface area contributed by atoms with Crippen molar-refractivity contribution in [3.63, 3.8) is 0 Å². The molecule has 2 N–H and O–H groups in total. The number of aliphatic hydroxyl groups is 1. The Bertz CT molecular complexity index is 971. The Morgan fingerprint density at radius 2 is 1.96 bits per heavy atom. The summed E-state index contributed by atoms with van der Waals surface area (Å²) in [6.45, 7) is 0.0683. The van der Waals surface area contributed by atoms with Crippen molar-refractivity contribution >= 4 is 32.1 Å². The van der Waals surface area contributed by atoms with Gasteiger partial charge in [-0.2, -0.15) is 0 Å². The first-order chi connectivity index (χ1) is 11.6. The summed E-state index contributed by atoms with van der Waals surface area (Å²) >= 11 is 1.56. The maximum absolute atomic E-state index is 11.7. The fourth-order valence-corrected chi connectivity index (χ4v) is 5.72. The minimum atomic E-state index is -2.84. The van der Waals surface area contributed by atoms with Crippen LogP contribution in [0.1, 0.15) is 29.2 Å². The lowest BCUT2D eigenvalue weighted by Gasteiger charge is -2.21. The molecule has 4 rings (SSSR count). The summed E-state index contributed by atoms with van der Waals surface area (Å²) in [6.07, 6.45) is 3.43. The highest BCUT2D eigenvalue weighted by Gasteiger charge is 2.26. The Kier molecular flexibility index (Phi) is 3.98. The van der Waals surface area contributed by atoms with Gasteiger partial charge >= 0.3 is 0 Å². The molecular weight excluding hydrogens is 342 g/mol. The van der Waals surface area contributed by atoms with Crippen LogP contribution in [0.15, 0.2) is 35.8 Å². The van der Waals surface area contributed by atoms with E-state index in [0.29, 0.717) is 18.8 Å². The molecule has 3 heterocycles. The van der Waals surface area contributed by atoms with Crippen LogP contribution >= 0.6 is 11.3 Å². The quantitative estimate of drug-likeness (QED) is 0.747. The molecule has 1 saturated heterocycles. The Labute approximate surface area is 145 Å². The van der Waals surface area contributed by atoms with Gasteiger partial charge in [-0.15, -0.1) is 11.3 Å². The molecule has 1 aliphatic rings. The molecule has 1 aromatic carbocycles. The Balaban J connectivity index is 1.71. The summed E-state index contributed by atoms with van der Waals surface area (Å²) in [5.41, 5.74) is 4.55. The van der Waals surface area contributed by atoms with E-state index in [2.05, 4.69) is 28.6 Å². The molecule has 0 amide bonds. The number of benzene rings is 1. The molecule has 24 heavy (non-hydrogen) atoms. The third-order valence-electron chi connectivity index (χ3n) is 4.85. The summed E-state index contributed by atoms with van der Waals surface area (Å²) in [5.74, 6) is 0.871. The van der Waals surface area contributed by atoms with Crippen molar-refractivity contribution < 1.29 is 13.5 Å². The number of aromatic nitrogens is 1. The third kappa shape index (κ3) is 2.90. The van der Waals surface area contributed by atoms with E-state index in [4.69, 9.17) is 0 Å². The van der Waals surface area contributed by atoms with Gasteiger partial charge in [-0.3, -0.25) is 0 Å². The average molecular weight is 361 g/mol. The molecule has 0 aliphatic carbocycles. The minimum absolute atomic E-state index is 0.0683. The van der Waals surface area contributed by atoms with E-state index in [-0.39, 0.29) is 18.1 Å². The molecule has 0 bridgehead atoms. The second-order valence-electron chi connectivity index (χ2n) is 6.39. The number of nitrogens with one attached hydrogen (secondary N) is 1. The highest BCUT2D eigenvalue weighted by molar-refractivity contribution is 7.91. The summed E-state index contributed by atoms with van der Waals surface area (Å²) in [4.78, 5) is 4.27. The number of thiophene rings is 1. The largest absolute Gasteiger partial charge is 0.391 e. The maximum atomic E-state index is 11.7. The molecule has 1 fully saturated rings. The number of fused-ring (bicyclic) bond motifs is 1. The maximum Gasteiger partial charge on any atom is 0.150 e. The molecule has 4 nitrogen and oxygen atoms in total. The lowest BCUT2D eigenvalue weighted by Crippen LogP contribution is -2.21. The zero-order valence-electron chi connectivity index (χ0n) is 13.2. The van der Waals surface area contributed by atoms with Crippen LogP contribution in [0.25, 0.3) is 22.0 Å². The average Bonchev–Trinajstić information content (AvgIpc) is 3.21. The summed E-state index contributed by atoms with van der Waals surface area (Å²) in [7, 11) is -2.84. The number of sulfone groups is 1. The van der Waals surface area contributed by atoms with Crippen molar-refractivity contribution in [2.75, 3.05) is 11.5 Å². The Hall–Kier alpha value is -1.63. The van der Waals surface area contributed by atoms with Crippen LogP contribution in [-0.4, -0.2) is 30.0 Å². The van der Waals surface area contributed by atoms with Gasteiger partial charge in [-0.25, -0.2) is 8.42 Å². The number of hydrogen-bond acceptors (Lipinski definition) is 4. The molecule has 126 valence electrons. The van der Waals surface area contributed by atoms with Gasteiger partial charge in [0.1, 0.15) is 9.84 Å². The zero-order valence-corrected chi connectivity index (χ0v) is 14.8. The predicted molar refractivity (Wildman–Crippen MR) is 98.2 cm³/mol. The highest BCUT2D eigenvalue weighted by Crippen LogP contribution is 2.36. The first-order valence-electron chi connectivity index (χ1n) is 8.06. The second kappa shape index (κ2) is 6.02. The lowest BCUT2D eigenvalue weighted by molar-refractivity contribution is 0.285. The van der Waals surface area contributed by atoms with E-state index in [9.17, 15) is 13.5 Å². The topological polar surface area (TPSA) is 70.2 Å². The van der Waals surface area contributed by atoms with Crippen molar-refractivity contribution in [3.8, 4) is 11.1 Å². The van der Waals surface area contributed by atoms with E-state index in [0.717, 1.165) is 21.5 Å². The van der Waals surface area contributed by atoms with Crippen molar-refractivity contribution in [2.45, 2.75) is 25.4 Å². The van der Waals surface area contributed by atoms with Gasteiger partial charge in [0.05, 0.1) is 18.1 Å². The van der Waals surface area contributed by atoms with E-state index in [1.807, 2.05) is 12.3 Å². The standard InChI is InChI=1S/C18H19NO3S2/c20-10-15-7-14(11-23-15)13-1-2-18-16(8-13)17(9-19-18)12-3-5-24(21,22)6-4-12/h1-2,7-9,11-12,19-20H,3-6,10H2. The smallest absolute Gasteiger partial charge is 0.150 e. The summed E-state index contributed by atoms with van der Waals surface area (Å²) < 4.78 is 23.3. The minimum Gasteiger partial charge on any atom is -0.391 e. The normalized spacial score (nSPS) is 18.2. The van der Waals surface area contributed by atoms with Gasteiger partial charge in [-0.1, -0.05) is 6.07 Å². The lowest BCUT2D eigenvalue weighted by atomic mass is 9.92. The fourth-order valence-electron chi connectivity index (χ4n) is 3.48. The monoisotopic (exact) mass is 361 g/mol. The molecule has 1 aliphatic heterocycles. The number of aromatic amines is 1. The van der Waals surface area contributed by atoms with Gasteiger partial charge in [0, 0.05) is 22.0 Å². The molecule has 0 atom stereocenters. The van der Waals surface area contributed by atoms with Crippen LogP contribution in [0.5, 0.6) is 0 Å². The number of H-pyrrole nitrogens is 1. The Morgan fingerprint density at radius 1 is 1.17 bits per heavy atom. The Morgan fingerprint density at radius 3 is 2.67 bits per heavy atom. The van der Waals surface area contributed by atoms with Gasteiger partial charge in [0.15, 0.2) is 0 Å². The van der Waals surface area contributed by atoms with E-state index < -0.39 is 9.84 Å². The van der Waals surface area contributed by atoms with Crippen LogP contribution < -0.4 is 0 Å². The van der Waals surface area contributed by atoms with E-state index in [1.165, 1.54) is 10.9 Å². The van der Waals surface area contributed by atoms with Crippen molar-refractivity contribution in [1.29, 1.82) is 0 Å². The molecule has 0 radical (unpaired) electrons. The predicted octanol–water partition coefficient (Wildman–Crippen LogP) is 3.68. The number of hydrogen-bond donors (Lipinski definition) is 2. The van der Waals surface area contributed by atoms with Crippen LogP contribution in [0.4, 0.5) is 0 Å². The summed E-state index contributed by atoms with van der Waals surface area (Å²) in [6, 6.07) is 8.35. The van der Waals surface area contributed by atoms with Gasteiger partial charge in [-0.05, 0) is 59.0 Å². The van der Waals surface area contributed by atoms with Crippen molar-refractivity contribution in [2.24, 2.45) is 0 Å². The van der Waals surface area contributed by atoms with E-state index in [1.54, 1.807) is 11.3 Å². The molecule has 0 spiro atoms. The number of aliphatic hydroxyl groups excluding tert-OH is 1. The first kappa shape index (κ1) is 15.9. The van der Waals surface area contributed by atoms with Crippen LogP contribution in [0.2, 0.25) is 0 Å². The molecule has 3 aromatic rings. The van der Waals surface area contributed by atoms with Crippen LogP contribution in [-0.2, 0) is 16.4 Å². The van der Waals surface area contributed by atoms with Crippen LogP contribution in [0.3, 0.4) is 0 Å². The van der Waals surface area contributed by atoms with Gasteiger partial charge in [0.2, 0.25) is 0 Å². The fraction of sp³-hybridized carbons (Fsp3) is 0.333. The number of rotatable bonds is 3. The van der Waals surface area contributed by atoms with Gasteiger partial charge < -0.3 is 10.1 Å². The summed E-state index contributed by atoms with van der Waals surface area (Å²) in [5, 5.41) is 12.5. The highest BCUT2D eigenvalue weighted by atomic mass is 32.2. The third-order valence-corrected chi connectivity index (χ3v) is 7.49. The molecular formula is C18H19NO3S2. The van der Waals surface area contributed by atoms with Gasteiger partial charge in [0.25, 0.3) is 0 Å². The second-order valence-corrected chi connectivity index (χ2v) is 9.69. The molecule has 6 heteroatoms. The zero-order chi connectivity index (χ0) is 16.7. The SMILES string of the molecule is O=S1(=O)CCC(c2c[nH]c3ccc(-c4csc(CO)c4)cc23)CC1. The molecule has 2 aromatic heterocycles. The molecule has 0 saturated carbocycles.